The lowest BCUT2D eigenvalue weighted by molar-refractivity contribution is -0.0480. The second-order valence-electron chi connectivity index (χ2n) is 10.4. The van der Waals surface area contributed by atoms with Crippen molar-refractivity contribution in [2.75, 3.05) is 19.9 Å². The molecule has 1 aromatic rings. The van der Waals surface area contributed by atoms with Crippen molar-refractivity contribution >= 4 is 36.9 Å². The van der Waals surface area contributed by atoms with Gasteiger partial charge in [0.2, 0.25) is 5.88 Å². The maximum absolute atomic E-state index is 15.0. The lowest BCUT2D eigenvalue weighted by atomic mass is 9.71. The SMILES string of the molecule is [2H]N1C2=c3c(nc(Cl)c(F)c3=NC1[S+](C)[O-])OCCC1(CC(O[Si](C)(C)C(C)(C)C)C1)N2C. The minimum atomic E-state index is -1.93. The van der Waals surface area contributed by atoms with Crippen LogP contribution in [0.2, 0.25) is 24.7 Å². The summed E-state index contributed by atoms with van der Waals surface area (Å²) in [6.07, 6.45) is 3.77. The van der Waals surface area contributed by atoms with Gasteiger partial charge in [-0.25, -0.2) is 9.38 Å². The first kappa shape index (κ1) is 22.7. The van der Waals surface area contributed by atoms with Crippen molar-refractivity contribution in [1.82, 2.24) is 15.2 Å². The Morgan fingerprint density at radius 1 is 1.44 bits per heavy atom. The fourth-order valence-corrected chi connectivity index (χ4v) is 6.34. The van der Waals surface area contributed by atoms with Gasteiger partial charge in [0.25, 0.3) is 5.50 Å². The van der Waals surface area contributed by atoms with Gasteiger partial charge in [0.05, 0.1) is 12.9 Å². The lowest BCUT2D eigenvalue weighted by Crippen LogP contribution is -2.65. The summed E-state index contributed by atoms with van der Waals surface area (Å²) in [4.78, 5) is 10.3. The monoisotopic (exact) mass is 503 g/mol. The molecule has 32 heavy (non-hydrogen) atoms. The van der Waals surface area contributed by atoms with E-state index in [1.807, 2.05) is 11.9 Å². The van der Waals surface area contributed by atoms with Crippen LogP contribution >= 0.6 is 11.6 Å². The van der Waals surface area contributed by atoms with Gasteiger partial charge >= 0.3 is 0 Å². The van der Waals surface area contributed by atoms with Gasteiger partial charge in [0.15, 0.2) is 20.7 Å². The van der Waals surface area contributed by atoms with Gasteiger partial charge in [-0.15, -0.1) is 0 Å². The first-order chi connectivity index (χ1) is 15.2. The second kappa shape index (κ2) is 8.01. The van der Waals surface area contributed by atoms with E-state index in [1.54, 1.807) is 0 Å². The third kappa shape index (κ3) is 3.91. The predicted molar refractivity (Wildman–Crippen MR) is 126 cm³/mol. The topological polar surface area (TPSA) is 82.0 Å². The maximum Gasteiger partial charge on any atom is 0.283 e. The number of hydrogen-bond donors (Lipinski definition) is 1. The highest BCUT2D eigenvalue weighted by Crippen LogP contribution is 2.47. The number of halogens is 2. The number of pyridine rings is 1. The van der Waals surface area contributed by atoms with E-state index in [2.05, 4.69) is 43.8 Å². The number of rotatable bonds is 3. The highest BCUT2D eigenvalue weighted by molar-refractivity contribution is 7.91. The Hall–Kier alpha value is -1.07. The third-order valence-corrected chi connectivity index (χ3v) is 12.9. The van der Waals surface area contributed by atoms with Gasteiger partial charge in [-0.1, -0.05) is 32.4 Å². The molecule has 2 aliphatic heterocycles. The summed E-state index contributed by atoms with van der Waals surface area (Å²) < 4.78 is 48.7. The summed E-state index contributed by atoms with van der Waals surface area (Å²) in [6, 6.07) is 0. The van der Waals surface area contributed by atoms with Crippen LogP contribution in [0.3, 0.4) is 0 Å². The van der Waals surface area contributed by atoms with Gasteiger partial charge in [-0.05, 0) is 42.1 Å². The van der Waals surface area contributed by atoms with Crippen LogP contribution in [0, 0.1) is 5.82 Å². The minimum absolute atomic E-state index is 0.0546. The quantitative estimate of drug-likeness (QED) is 0.387. The minimum Gasteiger partial charge on any atom is -0.613 e. The van der Waals surface area contributed by atoms with E-state index in [0.717, 1.165) is 18.2 Å². The van der Waals surface area contributed by atoms with Gasteiger partial charge in [0, 0.05) is 25.1 Å². The Kier molecular flexibility index (Phi) is 5.68. The molecule has 1 N–H and O–H groups in total. The molecule has 1 aliphatic carbocycles. The summed E-state index contributed by atoms with van der Waals surface area (Å²) in [6.45, 7) is 11.5. The van der Waals surface area contributed by atoms with Crippen LogP contribution in [0.15, 0.2) is 4.99 Å². The van der Waals surface area contributed by atoms with Crippen molar-refractivity contribution in [3.8, 4) is 5.88 Å². The Morgan fingerprint density at radius 2 is 2.09 bits per heavy atom. The van der Waals surface area contributed by atoms with Crippen molar-refractivity contribution in [3.05, 3.63) is 21.5 Å². The van der Waals surface area contributed by atoms with E-state index in [0.29, 0.717) is 18.8 Å². The van der Waals surface area contributed by atoms with Crippen molar-refractivity contribution in [2.45, 2.75) is 75.3 Å². The van der Waals surface area contributed by atoms with Crippen molar-refractivity contribution in [3.63, 3.8) is 0 Å². The summed E-state index contributed by atoms with van der Waals surface area (Å²) in [5.74, 6) is -0.276. The Bertz CT molecular complexity index is 1080. The van der Waals surface area contributed by atoms with Crippen molar-refractivity contribution in [1.29, 1.82) is 0 Å². The molecule has 3 aliphatic rings. The lowest BCUT2D eigenvalue weighted by Gasteiger charge is -2.57. The van der Waals surface area contributed by atoms with Crippen LogP contribution < -0.4 is 20.6 Å². The zero-order valence-electron chi connectivity index (χ0n) is 20.7. The van der Waals surface area contributed by atoms with Gasteiger partial charge in [-0.2, -0.15) is 4.98 Å². The normalized spacial score (nSPS) is 29.3. The molecule has 1 aromatic heterocycles. The van der Waals surface area contributed by atoms with Crippen molar-refractivity contribution in [2.24, 2.45) is 4.99 Å². The summed E-state index contributed by atoms with van der Waals surface area (Å²) in [7, 11) is -0.0353. The molecule has 0 amide bonds. The number of nitrogens with zero attached hydrogens (tertiary/aromatic N) is 3. The molecule has 2 unspecified atom stereocenters. The van der Waals surface area contributed by atoms with E-state index in [1.165, 1.54) is 6.26 Å². The highest BCUT2D eigenvalue weighted by Gasteiger charge is 2.52. The van der Waals surface area contributed by atoms with E-state index in [4.69, 9.17) is 22.2 Å². The van der Waals surface area contributed by atoms with Crippen LogP contribution in [-0.4, -0.2) is 59.8 Å². The molecule has 0 saturated heterocycles. The molecular weight excluding hydrogens is 471 g/mol. The summed E-state index contributed by atoms with van der Waals surface area (Å²) >= 11 is 4.47. The zero-order valence-corrected chi connectivity index (χ0v) is 22.2. The fourth-order valence-electron chi connectivity index (χ4n) is 4.31. The zero-order chi connectivity index (χ0) is 24.5. The van der Waals surface area contributed by atoms with Gasteiger partial charge < -0.3 is 23.9 Å². The Morgan fingerprint density at radius 3 is 2.69 bits per heavy atom. The average Bonchev–Trinajstić information content (AvgIpc) is 2.66. The molecule has 0 aromatic carbocycles. The van der Waals surface area contributed by atoms with E-state index >= 15 is 4.39 Å². The van der Waals surface area contributed by atoms with Gasteiger partial charge in [0.1, 0.15) is 16.4 Å². The highest BCUT2D eigenvalue weighted by atomic mass is 35.5. The standard InChI is InChI=1S/C21H32ClFN4O3SSi/c1-20(2,3)32(6,7)30-12-10-21(11-12)8-9-29-18-13-15(14(23)16(22)25-18)24-19(31(5)28)26-17(13)27(21)4/h12,19,26H,8-11H2,1-7H3/i/hD. The van der Waals surface area contributed by atoms with Gasteiger partial charge in [-0.3, -0.25) is 0 Å². The molecule has 4 rings (SSSR count). The summed E-state index contributed by atoms with van der Waals surface area (Å²) in [5.41, 5.74) is -1.39. The summed E-state index contributed by atoms with van der Waals surface area (Å²) in [5, 5.41) is 1.08. The molecule has 3 heterocycles. The van der Waals surface area contributed by atoms with E-state index in [9.17, 15) is 4.55 Å². The Balaban J connectivity index is 1.77. The Labute approximate surface area is 199 Å². The smallest absolute Gasteiger partial charge is 0.283 e. The average molecular weight is 504 g/mol. The fraction of sp³-hybridized carbons (Fsp3) is 0.714. The molecule has 1 fully saturated rings. The molecule has 0 radical (unpaired) electrons. The third-order valence-electron chi connectivity index (χ3n) is 7.35. The van der Waals surface area contributed by atoms with Crippen molar-refractivity contribution < 1.29 is 19.5 Å². The van der Waals surface area contributed by atoms with Crippen LogP contribution in [0.25, 0.3) is 5.82 Å². The molecule has 7 nitrogen and oxygen atoms in total. The number of ether oxygens (including phenoxy) is 1. The first-order valence-electron chi connectivity index (χ1n) is 11.3. The van der Waals surface area contributed by atoms with Crippen LogP contribution in [0.4, 0.5) is 4.39 Å². The first-order valence-corrected chi connectivity index (χ1v) is 15.7. The van der Waals surface area contributed by atoms with Crippen LogP contribution in [0.5, 0.6) is 5.88 Å². The van der Waals surface area contributed by atoms with E-state index in [-0.39, 0.29) is 38.3 Å². The maximum atomic E-state index is 15.0. The molecule has 1 spiro atoms. The number of aromatic nitrogens is 1. The molecule has 178 valence electrons. The molecule has 1 saturated carbocycles. The molecule has 2 atom stereocenters. The molecule has 11 heteroatoms. The molecular formula is C21H32ClFN4O3SSi. The number of hydrogen-bond acceptors (Lipinski definition) is 7. The van der Waals surface area contributed by atoms with E-state index < -0.39 is 30.8 Å². The molecule has 0 bridgehead atoms. The second-order valence-corrected chi connectivity index (χ2v) is 17.0. The largest absolute Gasteiger partial charge is 0.613 e. The number of nitrogens with one attached hydrogen (secondary N) is 1. The van der Waals surface area contributed by atoms with Crippen LogP contribution in [-0.2, 0) is 15.6 Å². The van der Waals surface area contributed by atoms with Crippen LogP contribution in [0.1, 0.15) is 40.0 Å². The predicted octanol–water partition coefficient (Wildman–Crippen LogP) is 2.46.